The smallest absolute Gasteiger partial charge is 0.329 e. The molecular weight excluding hydrogens is 376 g/mol. The van der Waals surface area contributed by atoms with Gasteiger partial charge in [-0.05, 0) is 19.4 Å². The number of imide groups is 1. The van der Waals surface area contributed by atoms with E-state index in [0.29, 0.717) is 19.6 Å². The maximum Gasteiger partial charge on any atom is 0.329 e. The second-order valence-corrected chi connectivity index (χ2v) is 7.22. The Hall–Kier alpha value is -2.74. The number of carbonyl (C=O) groups excluding carboxylic acids is 4. The molecule has 2 amide bonds. The third kappa shape index (κ3) is 4.48. The first-order valence-corrected chi connectivity index (χ1v) is 9.91. The van der Waals surface area contributed by atoms with E-state index in [9.17, 15) is 19.2 Å². The molecule has 8 nitrogen and oxygen atoms in total. The lowest BCUT2D eigenvalue weighted by molar-refractivity contribution is -0.162. The van der Waals surface area contributed by atoms with E-state index in [-0.39, 0.29) is 13.2 Å². The maximum atomic E-state index is 13.0. The lowest BCUT2D eigenvalue weighted by Crippen LogP contribution is -2.49. The van der Waals surface area contributed by atoms with E-state index in [1.807, 2.05) is 30.3 Å². The summed E-state index contributed by atoms with van der Waals surface area (Å²) in [7, 11) is 0. The Morgan fingerprint density at radius 2 is 1.59 bits per heavy atom. The summed E-state index contributed by atoms with van der Waals surface area (Å²) in [6.07, 6.45) is -0.392. The monoisotopic (exact) mass is 402 g/mol. The van der Waals surface area contributed by atoms with Crippen LogP contribution < -0.4 is 0 Å². The van der Waals surface area contributed by atoms with Crippen LogP contribution in [0.1, 0.15) is 25.8 Å². The minimum absolute atomic E-state index is 0.0894. The Balaban J connectivity index is 1.73. The van der Waals surface area contributed by atoms with E-state index < -0.39 is 48.1 Å². The molecule has 2 saturated heterocycles. The quantitative estimate of drug-likeness (QED) is 0.473. The van der Waals surface area contributed by atoms with E-state index in [0.717, 1.165) is 10.5 Å². The molecule has 8 heteroatoms. The zero-order valence-electron chi connectivity index (χ0n) is 16.7. The fourth-order valence-corrected chi connectivity index (χ4v) is 4.03. The highest BCUT2D eigenvalue weighted by atomic mass is 16.5. The molecule has 3 rings (SSSR count). The average molecular weight is 402 g/mol. The lowest BCUT2D eigenvalue weighted by Gasteiger charge is -2.26. The van der Waals surface area contributed by atoms with Gasteiger partial charge in [0, 0.05) is 19.6 Å². The summed E-state index contributed by atoms with van der Waals surface area (Å²) >= 11 is 0. The number of ether oxygens (including phenoxy) is 2. The molecule has 2 unspecified atom stereocenters. The number of esters is 2. The summed E-state index contributed by atoms with van der Waals surface area (Å²) < 4.78 is 9.92. The second kappa shape index (κ2) is 9.17. The molecule has 0 N–H and O–H groups in total. The van der Waals surface area contributed by atoms with Crippen LogP contribution in [-0.2, 0) is 35.2 Å². The van der Waals surface area contributed by atoms with Gasteiger partial charge in [-0.15, -0.1) is 0 Å². The minimum atomic E-state index is -1.28. The van der Waals surface area contributed by atoms with Gasteiger partial charge in [0.25, 0.3) is 0 Å². The SMILES string of the molecule is CCOC(=O)C[C@@H](C(=O)OCC)N1C(=O)C2CN(Cc3ccccc3)CC2C1=O. The van der Waals surface area contributed by atoms with Gasteiger partial charge >= 0.3 is 11.9 Å². The molecule has 2 fully saturated rings. The minimum Gasteiger partial charge on any atom is -0.466 e. The van der Waals surface area contributed by atoms with E-state index >= 15 is 0 Å². The van der Waals surface area contributed by atoms with E-state index in [1.165, 1.54) is 0 Å². The fourth-order valence-electron chi connectivity index (χ4n) is 4.03. The average Bonchev–Trinajstić information content (AvgIpc) is 3.20. The van der Waals surface area contributed by atoms with Crippen molar-refractivity contribution in [1.82, 2.24) is 9.80 Å². The van der Waals surface area contributed by atoms with Crippen LogP contribution in [0, 0.1) is 11.8 Å². The third-order valence-corrected chi connectivity index (χ3v) is 5.29. The van der Waals surface area contributed by atoms with Crippen LogP contribution in [-0.4, -0.2) is 65.9 Å². The number of nitrogens with zero attached hydrogens (tertiary/aromatic N) is 2. The van der Waals surface area contributed by atoms with Crippen molar-refractivity contribution < 1.29 is 28.7 Å². The molecule has 2 heterocycles. The van der Waals surface area contributed by atoms with Crippen molar-refractivity contribution in [3.05, 3.63) is 35.9 Å². The summed E-state index contributed by atoms with van der Waals surface area (Å²) in [5.41, 5.74) is 1.11. The Labute approximate surface area is 169 Å². The Morgan fingerprint density at radius 3 is 2.14 bits per heavy atom. The van der Waals surface area contributed by atoms with Crippen LogP contribution in [0.15, 0.2) is 30.3 Å². The molecule has 0 aliphatic carbocycles. The molecule has 1 aromatic rings. The van der Waals surface area contributed by atoms with Crippen LogP contribution in [0.25, 0.3) is 0 Å². The molecule has 156 valence electrons. The van der Waals surface area contributed by atoms with Crippen molar-refractivity contribution in [2.45, 2.75) is 32.9 Å². The first-order chi connectivity index (χ1) is 14.0. The number of amides is 2. The van der Waals surface area contributed by atoms with Crippen molar-refractivity contribution in [3.8, 4) is 0 Å². The standard InChI is InChI=1S/C21H26N2O6/c1-3-28-18(24)10-17(21(27)29-4-2)23-19(25)15-12-22(13-16(15)20(23)26)11-14-8-6-5-7-9-14/h5-9,15-17H,3-4,10-13H2,1-2H3/t15?,16?,17-/m0/s1. The first-order valence-electron chi connectivity index (χ1n) is 9.91. The van der Waals surface area contributed by atoms with Crippen LogP contribution in [0.4, 0.5) is 0 Å². The highest BCUT2D eigenvalue weighted by molar-refractivity contribution is 6.09. The Kier molecular flexibility index (Phi) is 6.64. The molecule has 0 spiro atoms. The number of fused-ring (bicyclic) bond motifs is 1. The van der Waals surface area contributed by atoms with Crippen molar-refractivity contribution in [3.63, 3.8) is 0 Å². The normalized spacial score (nSPS) is 22.5. The maximum absolute atomic E-state index is 13.0. The first kappa shape index (κ1) is 21.0. The van der Waals surface area contributed by atoms with Gasteiger partial charge in [0.05, 0.1) is 31.5 Å². The zero-order valence-corrected chi connectivity index (χ0v) is 16.7. The topological polar surface area (TPSA) is 93.2 Å². The van der Waals surface area contributed by atoms with Crippen molar-refractivity contribution >= 4 is 23.8 Å². The van der Waals surface area contributed by atoms with E-state index in [4.69, 9.17) is 9.47 Å². The second-order valence-electron chi connectivity index (χ2n) is 7.22. The number of rotatable bonds is 8. The molecular formula is C21H26N2O6. The van der Waals surface area contributed by atoms with Crippen LogP contribution in [0.5, 0.6) is 0 Å². The highest BCUT2D eigenvalue weighted by Gasteiger charge is 2.55. The van der Waals surface area contributed by atoms with Crippen LogP contribution >= 0.6 is 0 Å². The number of hydrogen-bond donors (Lipinski definition) is 0. The highest BCUT2D eigenvalue weighted by Crippen LogP contribution is 2.36. The summed E-state index contributed by atoms with van der Waals surface area (Å²) in [5.74, 6) is -3.26. The Bertz CT molecular complexity index is 757. The number of carbonyl (C=O) groups is 4. The predicted octanol–water partition coefficient (Wildman–Crippen LogP) is 0.988. The molecule has 1 aromatic carbocycles. The summed E-state index contributed by atoms with van der Waals surface area (Å²) in [4.78, 5) is 53.4. The van der Waals surface area contributed by atoms with Crippen LogP contribution in [0.3, 0.4) is 0 Å². The molecule has 29 heavy (non-hydrogen) atoms. The van der Waals surface area contributed by atoms with Gasteiger partial charge < -0.3 is 9.47 Å². The van der Waals surface area contributed by atoms with Gasteiger partial charge in [-0.1, -0.05) is 30.3 Å². The summed E-state index contributed by atoms with van der Waals surface area (Å²) in [6, 6.07) is 8.56. The van der Waals surface area contributed by atoms with Gasteiger partial charge in [0.1, 0.15) is 6.04 Å². The van der Waals surface area contributed by atoms with Gasteiger partial charge in [-0.25, -0.2) is 4.79 Å². The lowest BCUT2D eigenvalue weighted by atomic mass is 10.00. The van der Waals surface area contributed by atoms with Crippen molar-refractivity contribution in [1.29, 1.82) is 0 Å². The third-order valence-electron chi connectivity index (χ3n) is 5.29. The van der Waals surface area contributed by atoms with Gasteiger partial charge in [0.15, 0.2) is 0 Å². The summed E-state index contributed by atoms with van der Waals surface area (Å²) in [5, 5.41) is 0. The van der Waals surface area contributed by atoms with Gasteiger partial charge in [0.2, 0.25) is 11.8 Å². The summed E-state index contributed by atoms with van der Waals surface area (Å²) in [6.45, 7) is 5.05. The number of benzene rings is 1. The molecule has 0 bridgehead atoms. The molecule has 0 saturated carbocycles. The zero-order chi connectivity index (χ0) is 21.0. The molecule has 0 radical (unpaired) electrons. The molecule has 0 aromatic heterocycles. The predicted molar refractivity (Wildman–Crippen MR) is 102 cm³/mol. The van der Waals surface area contributed by atoms with Crippen LogP contribution in [0.2, 0.25) is 0 Å². The van der Waals surface area contributed by atoms with Crippen molar-refractivity contribution in [2.75, 3.05) is 26.3 Å². The van der Waals surface area contributed by atoms with Gasteiger partial charge in [-0.3, -0.25) is 24.2 Å². The number of hydrogen-bond acceptors (Lipinski definition) is 7. The van der Waals surface area contributed by atoms with E-state index in [1.54, 1.807) is 13.8 Å². The fraction of sp³-hybridized carbons (Fsp3) is 0.524. The van der Waals surface area contributed by atoms with Crippen molar-refractivity contribution in [2.24, 2.45) is 11.8 Å². The van der Waals surface area contributed by atoms with Gasteiger partial charge in [-0.2, -0.15) is 0 Å². The largest absolute Gasteiger partial charge is 0.466 e. The molecule has 3 atom stereocenters. The molecule has 2 aliphatic heterocycles. The molecule has 2 aliphatic rings. The Morgan fingerprint density at radius 1 is 1.00 bits per heavy atom. The number of likely N-dealkylation sites (tertiary alicyclic amines) is 2. The van der Waals surface area contributed by atoms with E-state index in [2.05, 4.69) is 4.90 Å².